The summed E-state index contributed by atoms with van der Waals surface area (Å²) in [4.78, 5) is 41.2. The number of benzene rings is 5. The standard InChI is InChI=1S/C58H58N2O6/c1-38-34-48-51(49(61)35-38)53-56(60(48)30-28-39-18-10-9-11-19-39)46-37-42(26-27-45(46)58(53)63)65-32-14-7-5-3-4-6-8-15-33-66-50-25-17-24-47-52(50)54-55(43-22-12-13-23-44(43)57(54)62)59(47)31-29-40-20-16-21-41(36-40)64-2/h9-13,16-27,36-38H,3-8,14-15,28-35H2,1-2H3. The lowest BCUT2D eigenvalue weighted by atomic mass is 9.86. The zero-order chi connectivity index (χ0) is 45.1. The lowest BCUT2D eigenvalue weighted by Gasteiger charge is -2.22. The van der Waals surface area contributed by atoms with E-state index in [9.17, 15) is 14.4 Å². The number of aromatic nitrogens is 2. The summed E-state index contributed by atoms with van der Waals surface area (Å²) in [6.07, 6.45) is 11.7. The molecule has 2 aromatic heterocycles. The van der Waals surface area contributed by atoms with Gasteiger partial charge in [-0.25, -0.2) is 0 Å². The Morgan fingerprint density at radius 1 is 0.530 bits per heavy atom. The fraction of sp³-hybridized carbons (Fsp3) is 0.328. The highest BCUT2D eigenvalue weighted by Crippen LogP contribution is 2.47. The fourth-order valence-electron chi connectivity index (χ4n) is 10.7. The molecule has 0 aliphatic heterocycles. The van der Waals surface area contributed by atoms with Crippen LogP contribution in [0.1, 0.15) is 124 Å². The predicted octanol–water partition coefficient (Wildman–Crippen LogP) is 12.7. The van der Waals surface area contributed by atoms with E-state index < -0.39 is 0 Å². The number of hydrogen-bond donors (Lipinski definition) is 0. The Hall–Kier alpha value is -6.67. The molecule has 3 aliphatic rings. The molecule has 0 amide bonds. The van der Waals surface area contributed by atoms with Crippen LogP contribution in [0.25, 0.3) is 33.4 Å². The van der Waals surface area contributed by atoms with Crippen molar-refractivity contribution in [2.75, 3.05) is 20.3 Å². The van der Waals surface area contributed by atoms with Crippen molar-refractivity contribution in [2.45, 2.75) is 97.1 Å². The number of carbonyl (C=O) groups excluding carboxylic acids is 3. The molecular weight excluding hydrogens is 821 g/mol. The number of methoxy groups -OCH3 is 1. The fourth-order valence-corrected chi connectivity index (χ4v) is 10.7. The first-order valence-electron chi connectivity index (χ1n) is 24.1. The minimum absolute atomic E-state index is 0.0372. The van der Waals surface area contributed by atoms with Crippen LogP contribution in [0.2, 0.25) is 0 Å². The third-order valence-corrected chi connectivity index (χ3v) is 13.9. The second-order valence-electron chi connectivity index (χ2n) is 18.4. The zero-order valence-electron chi connectivity index (χ0n) is 38.2. The maximum atomic E-state index is 13.9. The van der Waals surface area contributed by atoms with Gasteiger partial charge in [-0.05, 0) is 91.6 Å². The van der Waals surface area contributed by atoms with Crippen molar-refractivity contribution >= 4 is 28.3 Å². The Kier molecular flexibility index (Phi) is 12.5. The summed E-state index contributed by atoms with van der Waals surface area (Å²) in [5.41, 5.74) is 11.7. The van der Waals surface area contributed by atoms with E-state index in [2.05, 4.69) is 64.6 Å². The van der Waals surface area contributed by atoms with Crippen molar-refractivity contribution < 1.29 is 28.6 Å². The SMILES string of the molecule is COc1cccc(CCn2c3c(c4c(OCCCCCCCCCCOc5ccc6c(c5)-c5c(c7c(n5CCc5ccccc5)CC(C)CC7=O)C6=O)cccc42)C(=O)c2ccccc2-3)c1. The number of fused-ring (bicyclic) bond motifs is 10. The summed E-state index contributed by atoms with van der Waals surface area (Å²) in [6, 6.07) is 38.5. The lowest BCUT2D eigenvalue weighted by Crippen LogP contribution is -2.21. The Morgan fingerprint density at radius 3 is 1.95 bits per heavy atom. The quantitative estimate of drug-likeness (QED) is 0.0709. The summed E-state index contributed by atoms with van der Waals surface area (Å²) in [6.45, 7) is 4.81. The maximum absolute atomic E-state index is 13.9. The number of ketones is 3. The molecule has 8 heteroatoms. The third-order valence-electron chi connectivity index (χ3n) is 13.9. The van der Waals surface area contributed by atoms with Crippen LogP contribution in [-0.4, -0.2) is 46.8 Å². The van der Waals surface area contributed by atoms with Crippen molar-refractivity contribution in [3.8, 4) is 39.8 Å². The van der Waals surface area contributed by atoms with E-state index in [-0.39, 0.29) is 23.3 Å². The summed E-state index contributed by atoms with van der Waals surface area (Å²) in [7, 11) is 1.69. The van der Waals surface area contributed by atoms with Crippen molar-refractivity contribution in [2.24, 2.45) is 5.92 Å². The normalized spacial score (nSPS) is 14.6. The van der Waals surface area contributed by atoms with E-state index >= 15 is 0 Å². The molecule has 8 nitrogen and oxygen atoms in total. The highest BCUT2D eigenvalue weighted by molar-refractivity contribution is 6.29. The molecule has 1 unspecified atom stereocenters. The molecule has 5 aromatic carbocycles. The zero-order valence-corrected chi connectivity index (χ0v) is 38.2. The molecule has 3 aliphatic carbocycles. The Bertz CT molecular complexity index is 2960. The maximum Gasteiger partial charge on any atom is 0.196 e. The van der Waals surface area contributed by atoms with Gasteiger partial charge in [0, 0.05) is 47.5 Å². The van der Waals surface area contributed by atoms with Crippen molar-refractivity contribution in [3.63, 3.8) is 0 Å². The average molecular weight is 879 g/mol. The molecule has 0 fully saturated rings. The predicted molar refractivity (Wildman–Crippen MR) is 261 cm³/mol. The lowest BCUT2D eigenvalue weighted by molar-refractivity contribution is 0.0941. The molecule has 0 bridgehead atoms. The largest absolute Gasteiger partial charge is 0.497 e. The first kappa shape index (κ1) is 43.2. The number of Topliss-reactive ketones (excluding diaryl/α,β-unsaturated/α-hetero) is 1. The summed E-state index contributed by atoms with van der Waals surface area (Å²) in [5, 5.41) is 0.916. The van der Waals surface area contributed by atoms with Gasteiger partial charge >= 0.3 is 0 Å². The van der Waals surface area contributed by atoms with Gasteiger partial charge in [0.15, 0.2) is 17.3 Å². The third kappa shape index (κ3) is 8.27. The molecule has 2 heterocycles. The number of unbranched alkanes of at least 4 members (excludes halogenated alkanes) is 7. The minimum atomic E-state index is -0.0372. The highest BCUT2D eigenvalue weighted by Gasteiger charge is 2.41. The van der Waals surface area contributed by atoms with Gasteiger partial charge in [0.2, 0.25) is 0 Å². The molecule has 0 saturated carbocycles. The minimum Gasteiger partial charge on any atom is -0.497 e. The topological polar surface area (TPSA) is 88.8 Å². The van der Waals surface area contributed by atoms with E-state index in [4.69, 9.17) is 14.2 Å². The first-order valence-corrected chi connectivity index (χ1v) is 24.1. The molecule has 10 rings (SSSR count). The van der Waals surface area contributed by atoms with Gasteiger partial charge in [0.1, 0.15) is 17.2 Å². The summed E-state index contributed by atoms with van der Waals surface area (Å²) < 4.78 is 22.8. The number of hydrogen-bond acceptors (Lipinski definition) is 6. The Balaban J connectivity index is 0.696. The monoisotopic (exact) mass is 878 g/mol. The molecule has 336 valence electrons. The van der Waals surface area contributed by atoms with Crippen LogP contribution in [0.5, 0.6) is 17.2 Å². The number of aryl methyl sites for hydroxylation is 3. The van der Waals surface area contributed by atoms with Gasteiger partial charge in [-0.15, -0.1) is 0 Å². The van der Waals surface area contributed by atoms with Crippen LogP contribution in [0.3, 0.4) is 0 Å². The first-order chi connectivity index (χ1) is 32.4. The van der Waals surface area contributed by atoms with Crippen LogP contribution in [0, 0.1) is 5.92 Å². The van der Waals surface area contributed by atoms with E-state index in [1.54, 1.807) is 7.11 Å². The van der Waals surface area contributed by atoms with Crippen LogP contribution >= 0.6 is 0 Å². The highest BCUT2D eigenvalue weighted by atomic mass is 16.5. The number of carbonyl (C=O) groups is 3. The smallest absolute Gasteiger partial charge is 0.196 e. The van der Waals surface area contributed by atoms with E-state index in [1.807, 2.05) is 66.7 Å². The summed E-state index contributed by atoms with van der Waals surface area (Å²) in [5.74, 6) is 2.77. The van der Waals surface area contributed by atoms with Gasteiger partial charge in [0.05, 0.1) is 59.3 Å². The van der Waals surface area contributed by atoms with Crippen molar-refractivity contribution in [1.29, 1.82) is 0 Å². The van der Waals surface area contributed by atoms with E-state index in [0.29, 0.717) is 42.9 Å². The molecule has 0 spiro atoms. The molecule has 0 saturated heterocycles. The van der Waals surface area contributed by atoms with E-state index in [0.717, 1.165) is 132 Å². The van der Waals surface area contributed by atoms with Crippen molar-refractivity contribution in [3.05, 3.63) is 160 Å². The van der Waals surface area contributed by atoms with Crippen molar-refractivity contribution in [1.82, 2.24) is 9.13 Å². The number of ether oxygens (including phenoxy) is 3. The van der Waals surface area contributed by atoms with Gasteiger partial charge in [-0.1, -0.05) is 118 Å². The molecule has 0 radical (unpaired) electrons. The average Bonchev–Trinajstić information content (AvgIpc) is 4.03. The molecule has 1 atom stereocenters. The molecular formula is C58H58N2O6. The van der Waals surface area contributed by atoms with Crippen LogP contribution in [0.15, 0.2) is 115 Å². The van der Waals surface area contributed by atoms with Crippen LogP contribution in [-0.2, 0) is 32.4 Å². The van der Waals surface area contributed by atoms with Gasteiger partial charge in [-0.3, -0.25) is 14.4 Å². The van der Waals surface area contributed by atoms with E-state index in [1.165, 1.54) is 24.0 Å². The van der Waals surface area contributed by atoms with Gasteiger partial charge in [-0.2, -0.15) is 0 Å². The second kappa shape index (κ2) is 19.0. The number of nitrogens with zero attached hydrogens (tertiary/aromatic N) is 2. The van der Waals surface area contributed by atoms with Crippen LogP contribution < -0.4 is 14.2 Å². The number of rotatable bonds is 20. The Morgan fingerprint density at radius 2 is 1.17 bits per heavy atom. The van der Waals surface area contributed by atoms with Gasteiger partial charge in [0.25, 0.3) is 0 Å². The molecule has 0 N–H and O–H groups in total. The molecule has 7 aromatic rings. The van der Waals surface area contributed by atoms with Crippen LogP contribution in [0.4, 0.5) is 0 Å². The molecule has 66 heavy (non-hydrogen) atoms. The Labute approximate surface area is 387 Å². The van der Waals surface area contributed by atoms with Gasteiger partial charge < -0.3 is 23.3 Å². The summed E-state index contributed by atoms with van der Waals surface area (Å²) >= 11 is 0. The second-order valence-corrected chi connectivity index (χ2v) is 18.4.